The van der Waals surface area contributed by atoms with E-state index in [1.54, 1.807) is 6.33 Å². The van der Waals surface area contributed by atoms with Crippen LogP contribution < -0.4 is 15.0 Å². The van der Waals surface area contributed by atoms with E-state index in [0.717, 1.165) is 25.5 Å². The number of aromatic nitrogens is 2. The first-order chi connectivity index (χ1) is 9.69. The van der Waals surface area contributed by atoms with Gasteiger partial charge in [0.25, 0.3) is 0 Å². The van der Waals surface area contributed by atoms with Gasteiger partial charge in [-0.3, -0.25) is 0 Å². The monoisotopic (exact) mass is 278 g/mol. The molecule has 112 valence electrons. The fourth-order valence-electron chi connectivity index (χ4n) is 2.54. The van der Waals surface area contributed by atoms with Crippen molar-refractivity contribution < 1.29 is 4.74 Å². The van der Waals surface area contributed by atoms with Crippen molar-refractivity contribution in [1.82, 2.24) is 15.3 Å². The second-order valence-corrected chi connectivity index (χ2v) is 5.57. The third-order valence-electron chi connectivity index (χ3n) is 3.54. The van der Waals surface area contributed by atoms with Gasteiger partial charge in [0, 0.05) is 25.2 Å². The number of piperidine rings is 1. The summed E-state index contributed by atoms with van der Waals surface area (Å²) in [4.78, 5) is 10.8. The highest BCUT2D eigenvalue weighted by Crippen LogP contribution is 2.18. The third kappa shape index (κ3) is 4.34. The Bertz CT molecular complexity index is 405. The van der Waals surface area contributed by atoms with Gasteiger partial charge in [0.1, 0.15) is 12.1 Å². The van der Waals surface area contributed by atoms with Crippen molar-refractivity contribution in [3.05, 3.63) is 12.4 Å². The Hall–Kier alpha value is -1.36. The maximum atomic E-state index is 5.65. The van der Waals surface area contributed by atoms with Crippen LogP contribution in [-0.4, -0.2) is 41.7 Å². The first-order valence-corrected chi connectivity index (χ1v) is 7.66. The number of anilines is 1. The third-order valence-corrected chi connectivity index (χ3v) is 3.54. The average molecular weight is 278 g/mol. The summed E-state index contributed by atoms with van der Waals surface area (Å²) in [5, 5.41) is 3.58. The summed E-state index contributed by atoms with van der Waals surface area (Å²) < 4.78 is 5.65. The van der Waals surface area contributed by atoms with Crippen molar-refractivity contribution in [3.8, 4) is 5.88 Å². The molecule has 1 fully saturated rings. The molecule has 0 bridgehead atoms. The van der Waals surface area contributed by atoms with Gasteiger partial charge in [0.05, 0.1) is 6.10 Å². The molecule has 1 saturated heterocycles. The Labute approximate surface area is 121 Å². The van der Waals surface area contributed by atoms with Gasteiger partial charge in [-0.25, -0.2) is 9.97 Å². The molecule has 1 N–H and O–H groups in total. The quantitative estimate of drug-likeness (QED) is 0.865. The van der Waals surface area contributed by atoms with Crippen LogP contribution >= 0.6 is 0 Å². The first kappa shape index (κ1) is 15.0. The minimum Gasteiger partial charge on any atom is -0.475 e. The fourth-order valence-corrected chi connectivity index (χ4v) is 2.54. The lowest BCUT2D eigenvalue weighted by atomic mass is 10.0. The summed E-state index contributed by atoms with van der Waals surface area (Å²) in [6.45, 7) is 9.24. The summed E-state index contributed by atoms with van der Waals surface area (Å²) in [5.74, 6) is 1.60. The molecule has 1 unspecified atom stereocenters. The van der Waals surface area contributed by atoms with Gasteiger partial charge in [-0.1, -0.05) is 6.42 Å². The number of nitrogens with one attached hydrogen (secondary N) is 1. The number of rotatable bonds is 6. The zero-order valence-electron chi connectivity index (χ0n) is 12.8. The number of ether oxygens (including phenoxy) is 1. The summed E-state index contributed by atoms with van der Waals surface area (Å²) in [6, 6.07) is 2.50. The van der Waals surface area contributed by atoms with Crippen LogP contribution in [0.1, 0.15) is 40.0 Å². The van der Waals surface area contributed by atoms with E-state index in [-0.39, 0.29) is 6.10 Å². The maximum Gasteiger partial charge on any atom is 0.218 e. The molecule has 1 aromatic heterocycles. The molecule has 0 aliphatic carbocycles. The maximum absolute atomic E-state index is 5.65. The molecule has 5 heteroatoms. The van der Waals surface area contributed by atoms with Crippen LogP contribution in [0.3, 0.4) is 0 Å². The van der Waals surface area contributed by atoms with E-state index in [4.69, 9.17) is 4.74 Å². The molecule has 1 atom stereocenters. The summed E-state index contributed by atoms with van der Waals surface area (Å²) >= 11 is 0. The molecular weight excluding hydrogens is 252 g/mol. The van der Waals surface area contributed by atoms with Gasteiger partial charge in [-0.2, -0.15) is 0 Å². The Balaban J connectivity index is 2.02. The molecular formula is C15H26N4O. The van der Waals surface area contributed by atoms with Crippen molar-refractivity contribution in [2.45, 2.75) is 52.2 Å². The first-order valence-electron chi connectivity index (χ1n) is 7.66. The molecule has 0 saturated carbocycles. The Morgan fingerprint density at radius 1 is 1.40 bits per heavy atom. The van der Waals surface area contributed by atoms with E-state index in [2.05, 4.69) is 27.1 Å². The molecule has 2 heterocycles. The van der Waals surface area contributed by atoms with Crippen molar-refractivity contribution in [2.24, 2.45) is 0 Å². The number of hydrogen-bond acceptors (Lipinski definition) is 5. The minimum atomic E-state index is 0.132. The van der Waals surface area contributed by atoms with Crippen LogP contribution in [0, 0.1) is 0 Å². The molecule has 0 aromatic carbocycles. The van der Waals surface area contributed by atoms with Crippen LogP contribution in [-0.2, 0) is 0 Å². The van der Waals surface area contributed by atoms with E-state index in [1.807, 2.05) is 19.9 Å². The van der Waals surface area contributed by atoms with Gasteiger partial charge in [-0.15, -0.1) is 0 Å². The minimum absolute atomic E-state index is 0.132. The summed E-state index contributed by atoms with van der Waals surface area (Å²) in [6.07, 6.45) is 5.58. The van der Waals surface area contributed by atoms with Crippen LogP contribution in [0.25, 0.3) is 0 Å². The summed E-state index contributed by atoms with van der Waals surface area (Å²) in [5.41, 5.74) is 0. The van der Waals surface area contributed by atoms with Crippen molar-refractivity contribution >= 4 is 5.82 Å². The molecule has 1 aromatic rings. The Morgan fingerprint density at radius 2 is 2.25 bits per heavy atom. The van der Waals surface area contributed by atoms with Gasteiger partial charge < -0.3 is 15.0 Å². The van der Waals surface area contributed by atoms with Crippen molar-refractivity contribution in [3.63, 3.8) is 0 Å². The normalized spacial score (nSPS) is 19.1. The second-order valence-electron chi connectivity index (χ2n) is 5.57. The fraction of sp³-hybridized carbons (Fsp3) is 0.733. The lowest BCUT2D eigenvalue weighted by Crippen LogP contribution is -2.44. The number of hydrogen-bond donors (Lipinski definition) is 1. The topological polar surface area (TPSA) is 50.3 Å². The average Bonchev–Trinajstić information content (AvgIpc) is 2.45. The predicted octanol–water partition coefficient (Wildman–Crippen LogP) is 2.23. The Kier molecular flexibility index (Phi) is 5.59. The van der Waals surface area contributed by atoms with Gasteiger partial charge >= 0.3 is 0 Å². The number of nitrogens with zero attached hydrogens (tertiary/aromatic N) is 3. The molecule has 1 aliphatic rings. The highest BCUT2D eigenvalue weighted by Gasteiger charge is 2.17. The molecule has 0 spiro atoms. The van der Waals surface area contributed by atoms with Crippen LogP contribution in [0.5, 0.6) is 5.88 Å². The van der Waals surface area contributed by atoms with E-state index in [0.29, 0.717) is 11.9 Å². The molecule has 20 heavy (non-hydrogen) atoms. The molecule has 5 nitrogen and oxygen atoms in total. The highest BCUT2D eigenvalue weighted by molar-refractivity contribution is 5.40. The SMILES string of the molecule is CCN(CC1CCCCN1)c1cc(OC(C)C)ncn1. The van der Waals surface area contributed by atoms with Crippen LogP contribution in [0.2, 0.25) is 0 Å². The molecule has 2 rings (SSSR count). The zero-order valence-corrected chi connectivity index (χ0v) is 12.8. The Morgan fingerprint density at radius 3 is 2.90 bits per heavy atom. The molecule has 0 radical (unpaired) electrons. The largest absolute Gasteiger partial charge is 0.475 e. The number of likely N-dealkylation sites (N-methyl/N-ethyl adjacent to an activating group) is 1. The van der Waals surface area contributed by atoms with E-state index in [1.165, 1.54) is 19.3 Å². The smallest absolute Gasteiger partial charge is 0.218 e. The van der Waals surface area contributed by atoms with Crippen LogP contribution in [0.15, 0.2) is 12.4 Å². The molecule has 0 amide bonds. The molecule has 1 aliphatic heterocycles. The lowest BCUT2D eigenvalue weighted by Gasteiger charge is -2.30. The van der Waals surface area contributed by atoms with Gasteiger partial charge in [0.2, 0.25) is 5.88 Å². The van der Waals surface area contributed by atoms with Crippen LogP contribution in [0.4, 0.5) is 5.82 Å². The van der Waals surface area contributed by atoms with Gasteiger partial charge in [0.15, 0.2) is 0 Å². The zero-order chi connectivity index (χ0) is 14.4. The van der Waals surface area contributed by atoms with Crippen molar-refractivity contribution in [2.75, 3.05) is 24.5 Å². The van der Waals surface area contributed by atoms with E-state index in [9.17, 15) is 0 Å². The van der Waals surface area contributed by atoms with E-state index < -0.39 is 0 Å². The van der Waals surface area contributed by atoms with E-state index >= 15 is 0 Å². The standard InChI is InChI=1S/C15H26N4O/c1-4-19(10-13-7-5-6-8-16-13)14-9-15(18-11-17-14)20-12(2)3/h9,11-13,16H,4-8,10H2,1-3H3. The second kappa shape index (κ2) is 7.43. The van der Waals surface area contributed by atoms with Gasteiger partial charge in [-0.05, 0) is 40.2 Å². The predicted molar refractivity (Wildman–Crippen MR) is 81.3 cm³/mol. The highest BCUT2D eigenvalue weighted by atomic mass is 16.5. The summed E-state index contributed by atoms with van der Waals surface area (Å²) in [7, 11) is 0. The van der Waals surface area contributed by atoms with Crippen molar-refractivity contribution in [1.29, 1.82) is 0 Å². The lowest BCUT2D eigenvalue weighted by molar-refractivity contribution is 0.232.